The van der Waals surface area contributed by atoms with Gasteiger partial charge in [0.15, 0.2) is 0 Å². The summed E-state index contributed by atoms with van der Waals surface area (Å²) in [7, 11) is 1.68. The number of carbonyl (C=O) groups is 1. The summed E-state index contributed by atoms with van der Waals surface area (Å²) in [5.74, 6) is 2.10. The molecule has 0 aliphatic carbocycles. The van der Waals surface area contributed by atoms with Gasteiger partial charge in [-0.05, 0) is 31.7 Å². The van der Waals surface area contributed by atoms with E-state index in [-0.39, 0.29) is 11.9 Å². The van der Waals surface area contributed by atoms with Crippen LogP contribution in [-0.4, -0.2) is 34.4 Å². The average Bonchev–Trinajstić information content (AvgIpc) is 3.00. The predicted octanol–water partition coefficient (Wildman–Crippen LogP) is 3.34. The number of aromatic nitrogens is 2. The van der Waals surface area contributed by atoms with Crippen molar-refractivity contribution in [1.82, 2.24) is 14.9 Å². The Hall–Kier alpha value is -2.30. The quantitative estimate of drug-likeness (QED) is 0.945. The second kappa shape index (κ2) is 6.44. The fraction of sp³-hybridized carbons (Fsp3) is 0.444. The first-order valence-corrected chi connectivity index (χ1v) is 8.05. The van der Waals surface area contributed by atoms with E-state index >= 15 is 0 Å². The molecule has 0 bridgehead atoms. The van der Waals surface area contributed by atoms with Crippen LogP contribution >= 0.6 is 0 Å². The van der Waals surface area contributed by atoms with E-state index in [0.29, 0.717) is 11.6 Å². The Morgan fingerprint density at radius 1 is 1.35 bits per heavy atom. The maximum atomic E-state index is 13.0. The Morgan fingerprint density at radius 2 is 2.13 bits per heavy atom. The summed E-state index contributed by atoms with van der Waals surface area (Å²) in [6.07, 6.45) is 3.67. The molecule has 2 atom stereocenters. The molecule has 1 aromatic carbocycles. The van der Waals surface area contributed by atoms with Gasteiger partial charge < -0.3 is 14.6 Å². The highest BCUT2D eigenvalue weighted by Gasteiger charge is 2.33. The standard InChI is InChI=1S/C18H23N3O2/c1-12-8-9-16(14-6-4-5-7-17(14)23-3)21(11-12)18(22)15-10-19-13(2)20-15/h4-7,10,12,16H,8-9,11H2,1-3H3,(H,19,20). The lowest BCUT2D eigenvalue weighted by molar-refractivity contribution is 0.0535. The number of hydrogen-bond donors (Lipinski definition) is 1. The molecule has 1 amide bonds. The third-order valence-corrected chi connectivity index (χ3v) is 4.51. The molecule has 5 heteroatoms. The highest BCUT2D eigenvalue weighted by atomic mass is 16.5. The molecule has 2 heterocycles. The zero-order chi connectivity index (χ0) is 16.4. The number of carbonyl (C=O) groups excluding carboxylic acids is 1. The molecular weight excluding hydrogens is 290 g/mol. The van der Waals surface area contributed by atoms with Gasteiger partial charge >= 0.3 is 0 Å². The molecule has 0 saturated carbocycles. The fourth-order valence-electron chi connectivity index (χ4n) is 3.33. The molecule has 5 nitrogen and oxygen atoms in total. The van der Waals surface area contributed by atoms with E-state index in [1.807, 2.05) is 30.0 Å². The Kier molecular flexibility index (Phi) is 4.37. The number of methoxy groups -OCH3 is 1. The molecule has 23 heavy (non-hydrogen) atoms. The highest BCUT2D eigenvalue weighted by molar-refractivity contribution is 5.92. The van der Waals surface area contributed by atoms with Crippen LogP contribution in [0.3, 0.4) is 0 Å². The topological polar surface area (TPSA) is 58.2 Å². The van der Waals surface area contributed by atoms with Crippen molar-refractivity contribution < 1.29 is 9.53 Å². The number of amides is 1. The number of hydrogen-bond acceptors (Lipinski definition) is 3. The first-order valence-electron chi connectivity index (χ1n) is 8.05. The minimum Gasteiger partial charge on any atom is -0.496 e. The highest BCUT2D eigenvalue weighted by Crippen LogP contribution is 2.38. The number of benzene rings is 1. The molecule has 2 aromatic rings. The van der Waals surface area contributed by atoms with E-state index in [4.69, 9.17) is 4.74 Å². The molecule has 1 N–H and O–H groups in total. The van der Waals surface area contributed by atoms with E-state index in [1.54, 1.807) is 13.3 Å². The van der Waals surface area contributed by atoms with Crippen molar-refractivity contribution in [2.45, 2.75) is 32.7 Å². The van der Waals surface area contributed by atoms with Gasteiger partial charge in [0, 0.05) is 12.1 Å². The predicted molar refractivity (Wildman–Crippen MR) is 88.5 cm³/mol. The first-order chi connectivity index (χ1) is 11.1. The van der Waals surface area contributed by atoms with Crippen LogP contribution in [-0.2, 0) is 0 Å². The van der Waals surface area contributed by atoms with E-state index in [2.05, 4.69) is 23.0 Å². The van der Waals surface area contributed by atoms with Crippen LogP contribution in [0.25, 0.3) is 0 Å². The summed E-state index contributed by atoms with van der Waals surface area (Å²) >= 11 is 0. The Bertz CT molecular complexity index is 695. The van der Waals surface area contributed by atoms with Crippen molar-refractivity contribution in [2.24, 2.45) is 5.92 Å². The second-order valence-corrected chi connectivity index (χ2v) is 6.28. The van der Waals surface area contributed by atoms with E-state index < -0.39 is 0 Å². The molecule has 1 aliphatic heterocycles. The zero-order valence-electron chi connectivity index (χ0n) is 13.9. The molecule has 0 spiro atoms. The van der Waals surface area contributed by atoms with Crippen LogP contribution < -0.4 is 4.74 Å². The van der Waals surface area contributed by atoms with Crippen molar-refractivity contribution in [3.63, 3.8) is 0 Å². The SMILES string of the molecule is COc1ccccc1C1CCC(C)CN1C(=O)c1cnc(C)[nH]1. The second-order valence-electron chi connectivity index (χ2n) is 6.28. The van der Waals surface area contributed by atoms with Crippen LogP contribution in [0.1, 0.15) is 47.7 Å². The number of likely N-dealkylation sites (tertiary alicyclic amines) is 1. The molecule has 2 unspecified atom stereocenters. The molecule has 1 saturated heterocycles. The van der Waals surface area contributed by atoms with Crippen LogP contribution in [0.5, 0.6) is 5.75 Å². The molecule has 122 valence electrons. The summed E-state index contributed by atoms with van der Waals surface area (Å²) < 4.78 is 5.51. The number of ether oxygens (including phenoxy) is 1. The van der Waals surface area contributed by atoms with Crippen LogP contribution in [0.4, 0.5) is 0 Å². The molecule has 3 rings (SSSR count). The normalized spacial score (nSPS) is 21.3. The van der Waals surface area contributed by atoms with Gasteiger partial charge in [-0.1, -0.05) is 25.1 Å². The number of piperidine rings is 1. The van der Waals surface area contributed by atoms with Gasteiger partial charge in [-0.25, -0.2) is 4.98 Å². The summed E-state index contributed by atoms with van der Waals surface area (Å²) in [6.45, 7) is 4.80. The van der Waals surface area contributed by atoms with Crippen molar-refractivity contribution in [3.05, 3.63) is 47.5 Å². The summed E-state index contributed by atoms with van der Waals surface area (Å²) in [6, 6.07) is 8.00. The third kappa shape index (κ3) is 3.09. The van der Waals surface area contributed by atoms with Gasteiger partial charge in [0.05, 0.1) is 19.3 Å². The molecule has 1 fully saturated rings. The maximum absolute atomic E-state index is 13.0. The number of aromatic amines is 1. The monoisotopic (exact) mass is 313 g/mol. The summed E-state index contributed by atoms with van der Waals surface area (Å²) in [5, 5.41) is 0. The van der Waals surface area contributed by atoms with Crippen molar-refractivity contribution in [2.75, 3.05) is 13.7 Å². The van der Waals surface area contributed by atoms with Gasteiger partial charge in [-0.3, -0.25) is 4.79 Å². The number of nitrogens with zero attached hydrogens (tertiary/aromatic N) is 2. The largest absolute Gasteiger partial charge is 0.496 e. The van der Waals surface area contributed by atoms with Crippen molar-refractivity contribution in [1.29, 1.82) is 0 Å². The summed E-state index contributed by atoms with van der Waals surface area (Å²) in [4.78, 5) is 22.1. The molecular formula is C18H23N3O2. The first kappa shape index (κ1) is 15.6. The van der Waals surface area contributed by atoms with Crippen LogP contribution in [0.2, 0.25) is 0 Å². The number of para-hydroxylation sites is 1. The number of nitrogens with one attached hydrogen (secondary N) is 1. The van der Waals surface area contributed by atoms with Gasteiger partial charge in [0.1, 0.15) is 17.3 Å². The number of imidazole rings is 1. The van der Waals surface area contributed by atoms with Crippen molar-refractivity contribution in [3.8, 4) is 5.75 Å². The lowest BCUT2D eigenvalue weighted by Crippen LogP contribution is -2.41. The molecule has 1 aromatic heterocycles. The summed E-state index contributed by atoms with van der Waals surface area (Å²) in [5.41, 5.74) is 1.63. The average molecular weight is 313 g/mol. The minimum absolute atomic E-state index is 0.00746. The van der Waals surface area contributed by atoms with E-state index in [1.165, 1.54) is 0 Å². The van der Waals surface area contributed by atoms with Crippen LogP contribution in [0, 0.1) is 12.8 Å². The number of rotatable bonds is 3. The minimum atomic E-state index is 0.00746. The van der Waals surface area contributed by atoms with Crippen LogP contribution in [0.15, 0.2) is 30.5 Å². The number of aryl methyl sites for hydroxylation is 1. The van der Waals surface area contributed by atoms with E-state index in [9.17, 15) is 4.79 Å². The Balaban J connectivity index is 1.95. The maximum Gasteiger partial charge on any atom is 0.272 e. The lowest BCUT2D eigenvalue weighted by atomic mass is 9.89. The lowest BCUT2D eigenvalue weighted by Gasteiger charge is -2.39. The smallest absolute Gasteiger partial charge is 0.272 e. The van der Waals surface area contributed by atoms with Gasteiger partial charge in [0.2, 0.25) is 0 Å². The van der Waals surface area contributed by atoms with Gasteiger partial charge in [0.25, 0.3) is 5.91 Å². The molecule has 0 radical (unpaired) electrons. The Labute approximate surface area is 136 Å². The van der Waals surface area contributed by atoms with E-state index in [0.717, 1.165) is 36.5 Å². The van der Waals surface area contributed by atoms with Crippen molar-refractivity contribution >= 4 is 5.91 Å². The Morgan fingerprint density at radius 3 is 2.83 bits per heavy atom. The number of H-pyrrole nitrogens is 1. The van der Waals surface area contributed by atoms with Gasteiger partial charge in [-0.15, -0.1) is 0 Å². The third-order valence-electron chi connectivity index (χ3n) is 4.51. The molecule has 1 aliphatic rings. The van der Waals surface area contributed by atoms with Gasteiger partial charge in [-0.2, -0.15) is 0 Å². The zero-order valence-corrected chi connectivity index (χ0v) is 13.9. The fourth-order valence-corrected chi connectivity index (χ4v) is 3.33.